The highest BCUT2D eigenvalue weighted by atomic mass is 32.2. The van der Waals surface area contributed by atoms with Gasteiger partial charge in [-0.2, -0.15) is 0 Å². The van der Waals surface area contributed by atoms with Crippen molar-refractivity contribution in [1.82, 2.24) is 0 Å². The number of nitrogens with zero attached hydrogens (tertiary/aromatic N) is 2. The number of carbonyl (C=O) groups is 2. The van der Waals surface area contributed by atoms with Gasteiger partial charge in [-0.05, 0) is 48.0 Å². The molecule has 2 amide bonds. The summed E-state index contributed by atoms with van der Waals surface area (Å²) < 4.78 is 18.6. The van der Waals surface area contributed by atoms with Crippen LogP contribution in [0.3, 0.4) is 0 Å². The van der Waals surface area contributed by atoms with Gasteiger partial charge in [-0.1, -0.05) is 30.3 Å². The van der Waals surface area contributed by atoms with E-state index in [-0.39, 0.29) is 23.4 Å². The first-order valence-electron chi connectivity index (χ1n) is 9.81. The van der Waals surface area contributed by atoms with Crippen LogP contribution in [0.5, 0.6) is 5.75 Å². The highest BCUT2D eigenvalue weighted by molar-refractivity contribution is 8.02. The third-order valence-electron chi connectivity index (χ3n) is 5.65. The molecular weight excluding hydrogens is 415 g/mol. The lowest BCUT2D eigenvalue weighted by Gasteiger charge is -2.33. The van der Waals surface area contributed by atoms with E-state index in [0.717, 1.165) is 16.8 Å². The van der Waals surface area contributed by atoms with Gasteiger partial charge < -0.3 is 9.64 Å². The highest BCUT2D eigenvalue weighted by Crippen LogP contribution is 2.56. The van der Waals surface area contributed by atoms with Crippen LogP contribution in [-0.4, -0.2) is 24.7 Å². The van der Waals surface area contributed by atoms with Crippen molar-refractivity contribution < 1.29 is 18.7 Å². The van der Waals surface area contributed by atoms with E-state index < -0.39 is 4.87 Å². The van der Waals surface area contributed by atoms with Crippen LogP contribution in [0.2, 0.25) is 0 Å². The number of carbonyl (C=O) groups excluding carboxylic acids is 2. The highest BCUT2D eigenvalue weighted by Gasteiger charge is 2.60. The third kappa shape index (κ3) is 2.99. The summed E-state index contributed by atoms with van der Waals surface area (Å²) in [6.45, 7) is 0.295. The van der Waals surface area contributed by atoms with Gasteiger partial charge >= 0.3 is 0 Å². The Morgan fingerprint density at radius 2 is 1.71 bits per heavy atom. The number of halogens is 1. The van der Waals surface area contributed by atoms with Crippen molar-refractivity contribution in [3.05, 3.63) is 89.7 Å². The van der Waals surface area contributed by atoms with Crippen LogP contribution in [0.4, 0.5) is 15.8 Å². The van der Waals surface area contributed by atoms with Gasteiger partial charge in [0.05, 0.1) is 25.1 Å². The van der Waals surface area contributed by atoms with Gasteiger partial charge in [-0.3, -0.25) is 14.5 Å². The van der Waals surface area contributed by atoms with Crippen LogP contribution >= 0.6 is 11.8 Å². The number of ether oxygens (including phenoxy) is 1. The van der Waals surface area contributed by atoms with Crippen molar-refractivity contribution in [2.24, 2.45) is 0 Å². The number of hydrogen-bond donors (Lipinski definition) is 0. The van der Waals surface area contributed by atoms with Gasteiger partial charge in [0.2, 0.25) is 10.8 Å². The maximum atomic E-state index is 13.9. The minimum atomic E-state index is -1.16. The van der Waals surface area contributed by atoms with Gasteiger partial charge in [-0.15, -0.1) is 11.8 Å². The Labute approximate surface area is 183 Å². The zero-order valence-corrected chi connectivity index (χ0v) is 17.6. The lowest BCUT2D eigenvalue weighted by atomic mass is 10.0. The van der Waals surface area contributed by atoms with E-state index in [2.05, 4.69) is 0 Å². The topological polar surface area (TPSA) is 49.9 Å². The average Bonchev–Trinajstić information content (AvgIpc) is 3.26. The maximum Gasteiger partial charge on any atom is 0.269 e. The molecule has 31 heavy (non-hydrogen) atoms. The molecule has 7 heteroatoms. The SMILES string of the molecule is COc1ccc(N2C(=O)CS[C@@]23C(=O)N(Cc2ccc(F)cc2)c2ccccc23)cc1. The summed E-state index contributed by atoms with van der Waals surface area (Å²) in [6, 6.07) is 20.8. The molecule has 1 fully saturated rings. The molecule has 3 aromatic rings. The lowest BCUT2D eigenvalue weighted by Crippen LogP contribution is -2.49. The summed E-state index contributed by atoms with van der Waals surface area (Å²) in [5.41, 5.74) is 3.00. The van der Waals surface area contributed by atoms with Gasteiger partial charge in [0.1, 0.15) is 11.6 Å². The summed E-state index contributed by atoms with van der Waals surface area (Å²) >= 11 is 1.33. The lowest BCUT2D eigenvalue weighted by molar-refractivity contribution is -0.123. The number of thioether (sulfide) groups is 1. The molecule has 1 saturated heterocycles. The molecule has 0 bridgehead atoms. The van der Waals surface area contributed by atoms with Gasteiger partial charge in [-0.25, -0.2) is 4.39 Å². The minimum Gasteiger partial charge on any atom is -0.497 e. The Hall–Kier alpha value is -3.32. The minimum absolute atomic E-state index is 0.123. The summed E-state index contributed by atoms with van der Waals surface area (Å²) in [6.07, 6.45) is 0. The number of amides is 2. The first-order chi connectivity index (χ1) is 15.0. The molecular formula is C24H19FN2O3S. The Morgan fingerprint density at radius 1 is 1.00 bits per heavy atom. The van der Waals surface area contributed by atoms with Crippen LogP contribution in [0.1, 0.15) is 11.1 Å². The molecule has 1 spiro atoms. The van der Waals surface area contributed by atoms with Crippen LogP contribution in [0, 0.1) is 5.82 Å². The quantitative estimate of drug-likeness (QED) is 0.614. The van der Waals surface area contributed by atoms with E-state index in [1.165, 1.54) is 23.9 Å². The molecule has 3 aromatic carbocycles. The fourth-order valence-electron chi connectivity index (χ4n) is 4.22. The second-order valence-corrected chi connectivity index (χ2v) is 8.56. The Balaban J connectivity index is 1.61. The Kier molecular flexibility index (Phi) is 4.70. The second kappa shape index (κ2) is 7.42. The Morgan fingerprint density at radius 3 is 2.42 bits per heavy atom. The van der Waals surface area contributed by atoms with E-state index in [1.807, 2.05) is 24.3 Å². The molecule has 0 N–H and O–H groups in total. The molecule has 2 aliphatic rings. The standard InChI is InChI=1S/C24H19FN2O3S/c1-30-19-12-10-18(11-13-19)27-22(28)15-31-24(27)20-4-2-3-5-21(20)26(23(24)29)14-16-6-8-17(25)9-7-16/h2-13H,14-15H2,1H3/t24-/m0/s1. The molecule has 5 nitrogen and oxygen atoms in total. The summed E-state index contributed by atoms with van der Waals surface area (Å²) in [4.78, 5) is 29.1. The van der Waals surface area contributed by atoms with E-state index >= 15 is 0 Å². The molecule has 5 rings (SSSR count). The predicted molar refractivity (Wildman–Crippen MR) is 119 cm³/mol. The van der Waals surface area contributed by atoms with E-state index in [4.69, 9.17) is 4.74 Å². The van der Waals surface area contributed by atoms with Crippen LogP contribution in [-0.2, 0) is 21.0 Å². The number of methoxy groups -OCH3 is 1. The molecule has 0 radical (unpaired) electrons. The Bertz CT molecular complexity index is 1170. The van der Waals surface area contributed by atoms with Crippen molar-refractivity contribution in [1.29, 1.82) is 0 Å². The summed E-state index contributed by atoms with van der Waals surface area (Å²) in [7, 11) is 1.58. The van der Waals surface area contributed by atoms with Crippen LogP contribution in [0.25, 0.3) is 0 Å². The molecule has 0 aromatic heterocycles. The van der Waals surface area contributed by atoms with Gasteiger partial charge in [0.15, 0.2) is 0 Å². The normalized spacial score (nSPS) is 19.9. The van der Waals surface area contributed by atoms with Crippen molar-refractivity contribution in [3.63, 3.8) is 0 Å². The van der Waals surface area contributed by atoms with E-state index in [1.54, 1.807) is 53.3 Å². The van der Waals surface area contributed by atoms with E-state index in [0.29, 0.717) is 18.0 Å². The fraction of sp³-hybridized carbons (Fsp3) is 0.167. The predicted octanol–water partition coefficient (Wildman–Crippen LogP) is 4.31. The average molecular weight is 434 g/mol. The zero-order valence-electron chi connectivity index (χ0n) is 16.7. The van der Waals surface area contributed by atoms with Gasteiger partial charge in [0, 0.05) is 11.3 Å². The number of para-hydroxylation sites is 1. The molecule has 1 atom stereocenters. The second-order valence-electron chi connectivity index (χ2n) is 7.39. The van der Waals surface area contributed by atoms with Crippen molar-refractivity contribution in [2.45, 2.75) is 11.4 Å². The molecule has 0 saturated carbocycles. The number of rotatable bonds is 4. The number of benzene rings is 3. The number of hydrogen-bond acceptors (Lipinski definition) is 4. The van der Waals surface area contributed by atoms with Crippen molar-refractivity contribution >= 4 is 35.0 Å². The monoisotopic (exact) mass is 434 g/mol. The van der Waals surface area contributed by atoms with E-state index in [9.17, 15) is 14.0 Å². The molecule has 2 heterocycles. The molecule has 2 aliphatic heterocycles. The fourth-order valence-corrected chi connectivity index (χ4v) is 5.58. The first-order valence-corrected chi connectivity index (χ1v) is 10.8. The van der Waals surface area contributed by atoms with Crippen LogP contribution < -0.4 is 14.5 Å². The largest absolute Gasteiger partial charge is 0.497 e. The molecule has 0 aliphatic carbocycles. The molecule has 156 valence electrons. The smallest absolute Gasteiger partial charge is 0.269 e. The maximum absolute atomic E-state index is 13.9. The van der Waals surface area contributed by atoms with Crippen molar-refractivity contribution in [2.75, 3.05) is 22.7 Å². The third-order valence-corrected chi connectivity index (χ3v) is 7.03. The zero-order chi connectivity index (χ0) is 21.6. The molecule has 0 unspecified atom stereocenters. The number of anilines is 2. The summed E-state index contributed by atoms with van der Waals surface area (Å²) in [5.74, 6) is 0.257. The van der Waals surface area contributed by atoms with Gasteiger partial charge in [0.25, 0.3) is 5.91 Å². The number of fused-ring (bicyclic) bond motifs is 2. The first kappa shape index (κ1) is 19.6. The summed E-state index contributed by atoms with van der Waals surface area (Å²) in [5, 5.41) is 0. The van der Waals surface area contributed by atoms with Crippen LogP contribution in [0.15, 0.2) is 72.8 Å². The van der Waals surface area contributed by atoms with Crippen molar-refractivity contribution in [3.8, 4) is 5.75 Å².